The first-order valence-electron chi connectivity index (χ1n) is 9.52. The molecule has 29 heavy (non-hydrogen) atoms. The normalized spacial score (nSPS) is 10.9. The maximum absolute atomic E-state index is 13.4. The van der Waals surface area contributed by atoms with Crippen LogP contribution in [0.5, 0.6) is 0 Å². The van der Waals surface area contributed by atoms with Crippen molar-refractivity contribution in [1.29, 1.82) is 0 Å². The second-order valence-electron chi connectivity index (χ2n) is 6.56. The molecule has 0 unspecified atom stereocenters. The molecule has 0 atom stereocenters. The van der Waals surface area contributed by atoms with Crippen LogP contribution in [0.4, 0.5) is 4.39 Å². The van der Waals surface area contributed by atoms with Crippen LogP contribution < -0.4 is 5.32 Å². The number of rotatable bonds is 7. The van der Waals surface area contributed by atoms with E-state index >= 15 is 0 Å². The molecule has 158 valence electrons. The van der Waals surface area contributed by atoms with Crippen molar-refractivity contribution in [3.8, 4) is 0 Å². The highest BCUT2D eigenvalue weighted by molar-refractivity contribution is 14.0. The van der Waals surface area contributed by atoms with Gasteiger partial charge in [-0.3, -0.25) is 9.79 Å². The fraction of sp³-hybridized carbons (Fsp3) is 0.364. The maximum Gasteiger partial charge on any atom is 0.253 e. The minimum Gasteiger partial charge on any atom is -0.352 e. The highest BCUT2D eigenvalue weighted by Crippen LogP contribution is 2.09. The third kappa shape index (κ3) is 7.30. The van der Waals surface area contributed by atoms with E-state index in [2.05, 4.69) is 10.3 Å². The largest absolute Gasteiger partial charge is 0.352 e. The number of nitrogens with one attached hydrogen (secondary N) is 1. The van der Waals surface area contributed by atoms with Crippen LogP contribution in [0.1, 0.15) is 35.3 Å². The Bertz CT molecular complexity index is 807. The number of guanidine groups is 1. The maximum atomic E-state index is 13.4. The average molecular weight is 512 g/mol. The van der Waals surface area contributed by atoms with Crippen molar-refractivity contribution in [3.05, 3.63) is 71.0 Å². The van der Waals surface area contributed by atoms with E-state index in [4.69, 9.17) is 0 Å². The van der Waals surface area contributed by atoms with Gasteiger partial charge >= 0.3 is 0 Å². The molecule has 2 aromatic carbocycles. The Morgan fingerprint density at radius 3 is 2.28 bits per heavy atom. The van der Waals surface area contributed by atoms with Gasteiger partial charge in [0.05, 0.1) is 0 Å². The number of carbonyl (C=O) groups excluding carboxylic acids is 1. The van der Waals surface area contributed by atoms with E-state index in [1.165, 1.54) is 12.1 Å². The Labute approximate surface area is 190 Å². The number of hydrogen-bond acceptors (Lipinski definition) is 2. The van der Waals surface area contributed by atoms with Crippen LogP contribution in [0, 0.1) is 5.82 Å². The predicted molar refractivity (Wildman–Crippen MR) is 127 cm³/mol. The van der Waals surface area contributed by atoms with Gasteiger partial charge in [0.2, 0.25) is 0 Å². The quantitative estimate of drug-likeness (QED) is 0.345. The zero-order valence-electron chi connectivity index (χ0n) is 17.5. The number of carbonyl (C=O) groups is 1. The van der Waals surface area contributed by atoms with Crippen molar-refractivity contribution in [1.82, 2.24) is 15.1 Å². The van der Waals surface area contributed by atoms with Gasteiger partial charge in [-0.2, -0.15) is 0 Å². The number of hydrogen-bond donors (Lipinski definition) is 1. The van der Waals surface area contributed by atoms with Crippen LogP contribution in [0.3, 0.4) is 0 Å². The van der Waals surface area contributed by atoms with Crippen LogP contribution in [0.25, 0.3) is 0 Å². The zero-order chi connectivity index (χ0) is 20.5. The molecule has 0 heterocycles. The number of nitrogens with zero attached hydrogens (tertiary/aromatic N) is 3. The molecular weight excluding hydrogens is 482 g/mol. The molecule has 7 heteroatoms. The van der Waals surface area contributed by atoms with Gasteiger partial charge in [-0.05, 0) is 49.2 Å². The molecule has 1 N–H and O–H groups in total. The number of halogens is 2. The molecule has 0 aromatic heterocycles. The van der Waals surface area contributed by atoms with E-state index in [0.29, 0.717) is 37.7 Å². The first kappa shape index (κ1) is 24.9. The van der Waals surface area contributed by atoms with Crippen LogP contribution in [0.2, 0.25) is 0 Å². The summed E-state index contributed by atoms with van der Waals surface area (Å²) in [5.41, 5.74) is 2.63. The van der Waals surface area contributed by atoms with Crippen molar-refractivity contribution in [2.24, 2.45) is 4.99 Å². The summed E-state index contributed by atoms with van der Waals surface area (Å²) in [4.78, 5) is 20.4. The van der Waals surface area contributed by atoms with Gasteiger partial charge in [0.15, 0.2) is 5.96 Å². The summed E-state index contributed by atoms with van der Waals surface area (Å²) in [6.45, 7) is 6.49. The van der Waals surface area contributed by atoms with E-state index in [9.17, 15) is 9.18 Å². The van der Waals surface area contributed by atoms with Crippen molar-refractivity contribution in [3.63, 3.8) is 0 Å². The van der Waals surface area contributed by atoms with Gasteiger partial charge in [-0.25, -0.2) is 4.39 Å². The first-order valence-corrected chi connectivity index (χ1v) is 9.52. The Morgan fingerprint density at radius 1 is 1.07 bits per heavy atom. The van der Waals surface area contributed by atoms with Crippen LogP contribution in [-0.4, -0.2) is 48.9 Å². The fourth-order valence-electron chi connectivity index (χ4n) is 3.01. The first-order chi connectivity index (χ1) is 13.5. The molecular formula is C22H30FIN4O. The lowest BCUT2D eigenvalue weighted by Crippen LogP contribution is -2.38. The van der Waals surface area contributed by atoms with Gasteiger partial charge < -0.3 is 15.1 Å². The van der Waals surface area contributed by atoms with Crippen molar-refractivity contribution in [2.75, 3.05) is 27.2 Å². The molecule has 0 aliphatic carbocycles. The van der Waals surface area contributed by atoms with Crippen molar-refractivity contribution >= 4 is 35.8 Å². The van der Waals surface area contributed by atoms with Gasteiger partial charge in [0.25, 0.3) is 5.91 Å². The molecule has 0 bridgehead atoms. The molecule has 0 aliphatic rings. The fourth-order valence-corrected chi connectivity index (χ4v) is 3.01. The van der Waals surface area contributed by atoms with Gasteiger partial charge in [0.1, 0.15) is 5.82 Å². The SMILES string of the molecule is CCN(CC)C(=O)c1ccc(CNC(=NC)N(C)Cc2cccc(F)c2)cc1.I. The number of aliphatic imine (C=N–C) groups is 1. The summed E-state index contributed by atoms with van der Waals surface area (Å²) < 4.78 is 13.4. The molecule has 2 aromatic rings. The standard InChI is InChI=1S/C22H29FN4O.HI/c1-5-27(6-2)21(28)19-12-10-17(11-13-19)15-25-22(24-3)26(4)16-18-8-7-9-20(23)14-18;/h7-14H,5-6,15-16H2,1-4H3,(H,24,25);1H. The predicted octanol–water partition coefficient (Wildman–Crippen LogP) is 4.13. The minimum absolute atomic E-state index is 0. The summed E-state index contributed by atoms with van der Waals surface area (Å²) >= 11 is 0. The highest BCUT2D eigenvalue weighted by atomic mass is 127. The highest BCUT2D eigenvalue weighted by Gasteiger charge is 2.12. The molecule has 0 fully saturated rings. The lowest BCUT2D eigenvalue weighted by molar-refractivity contribution is 0.0773. The van der Waals surface area contributed by atoms with Gasteiger partial charge in [-0.1, -0.05) is 24.3 Å². The Balaban J connectivity index is 0.00000420. The lowest BCUT2D eigenvalue weighted by atomic mass is 10.1. The summed E-state index contributed by atoms with van der Waals surface area (Å²) in [5, 5.41) is 3.30. The Hall–Kier alpha value is -2.16. The Kier molecular flexibility index (Phi) is 10.6. The van der Waals surface area contributed by atoms with Crippen molar-refractivity contribution in [2.45, 2.75) is 26.9 Å². The molecule has 0 radical (unpaired) electrons. The number of amides is 1. The molecule has 2 rings (SSSR count). The minimum atomic E-state index is -0.242. The molecule has 0 saturated carbocycles. The van der Waals surface area contributed by atoms with Crippen LogP contribution >= 0.6 is 24.0 Å². The third-order valence-electron chi connectivity index (χ3n) is 4.58. The topological polar surface area (TPSA) is 47.9 Å². The van der Waals surface area contributed by atoms with E-state index in [0.717, 1.165) is 11.1 Å². The van der Waals surface area contributed by atoms with Crippen molar-refractivity contribution < 1.29 is 9.18 Å². The summed E-state index contributed by atoms with van der Waals surface area (Å²) in [6, 6.07) is 14.2. The van der Waals surface area contributed by atoms with E-state index in [1.54, 1.807) is 18.0 Å². The van der Waals surface area contributed by atoms with Gasteiger partial charge in [0, 0.05) is 45.8 Å². The third-order valence-corrected chi connectivity index (χ3v) is 4.58. The van der Waals surface area contributed by atoms with Crippen LogP contribution in [0.15, 0.2) is 53.5 Å². The average Bonchev–Trinajstić information content (AvgIpc) is 2.69. The molecule has 0 spiro atoms. The summed E-state index contributed by atoms with van der Waals surface area (Å²) in [5.74, 6) is 0.524. The van der Waals surface area contributed by atoms with Crippen LogP contribution in [-0.2, 0) is 13.1 Å². The summed E-state index contributed by atoms with van der Waals surface area (Å²) in [6.07, 6.45) is 0. The van der Waals surface area contributed by atoms with E-state index in [1.807, 2.05) is 56.1 Å². The Morgan fingerprint density at radius 2 is 1.72 bits per heavy atom. The second-order valence-corrected chi connectivity index (χ2v) is 6.56. The molecule has 1 amide bonds. The second kappa shape index (κ2) is 12.4. The number of benzene rings is 2. The zero-order valence-corrected chi connectivity index (χ0v) is 19.8. The molecule has 0 aliphatic heterocycles. The monoisotopic (exact) mass is 512 g/mol. The van der Waals surface area contributed by atoms with E-state index < -0.39 is 0 Å². The van der Waals surface area contributed by atoms with Gasteiger partial charge in [-0.15, -0.1) is 24.0 Å². The molecule has 0 saturated heterocycles. The van der Waals surface area contributed by atoms with E-state index in [-0.39, 0.29) is 35.7 Å². The molecule has 5 nitrogen and oxygen atoms in total. The lowest BCUT2D eigenvalue weighted by Gasteiger charge is -2.22. The summed E-state index contributed by atoms with van der Waals surface area (Å²) in [7, 11) is 3.63. The smallest absolute Gasteiger partial charge is 0.253 e.